The maximum atomic E-state index is 2.67. The van der Waals surface area contributed by atoms with E-state index in [1.54, 1.807) is 0 Å². The van der Waals surface area contributed by atoms with Gasteiger partial charge in [0.2, 0.25) is 0 Å². The molecule has 470 valence electrons. The van der Waals surface area contributed by atoms with Gasteiger partial charge in [-0.05, 0) is 145 Å². The third-order valence-electron chi connectivity index (χ3n) is 20.9. The van der Waals surface area contributed by atoms with Gasteiger partial charge in [-0.25, -0.2) is 0 Å². The predicted octanol–water partition coefficient (Wildman–Crippen LogP) is 16.5. The molecule has 0 aliphatic carbocycles. The second-order valence-electron chi connectivity index (χ2n) is 27.4. The van der Waals surface area contributed by atoms with E-state index in [2.05, 4.69) is 419 Å². The molecule has 0 atom stereocenters. The van der Waals surface area contributed by atoms with Crippen LogP contribution in [0.4, 0.5) is 34.1 Å². The van der Waals surface area contributed by atoms with Crippen LogP contribution in [0.1, 0.15) is 26.3 Å². The lowest BCUT2D eigenvalue weighted by atomic mass is 9.33. The normalized spacial score (nSPS) is 12.5. The van der Waals surface area contributed by atoms with Crippen molar-refractivity contribution in [1.29, 1.82) is 0 Å². The molecule has 0 bridgehead atoms. The second kappa shape index (κ2) is 25.4. The van der Waals surface area contributed by atoms with Crippen LogP contribution in [0.5, 0.6) is 0 Å². The number of rotatable bonds is 14. The number of benzene rings is 15. The number of fused-ring (bicyclic) bond motifs is 4. The summed E-state index contributed by atoms with van der Waals surface area (Å²) >= 11 is 0. The Morgan fingerprint density at radius 2 is 0.535 bits per heavy atom. The van der Waals surface area contributed by atoms with E-state index in [1.807, 2.05) is 0 Å². The zero-order valence-corrected chi connectivity index (χ0v) is 57.9. The molecule has 0 amide bonds. The lowest BCUT2D eigenvalue weighted by molar-refractivity contribution is 0.590. The number of hydrogen-bond donors (Lipinski definition) is 0. The minimum atomic E-state index is -3.23. The molecule has 99 heavy (non-hydrogen) atoms. The van der Waals surface area contributed by atoms with Gasteiger partial charge in [-0.15, -0.1) is 0 Å². The van der Waals surface area contributed by atoms with Crippen LogP contribution in [-0.4, -0.2) is 22.9 Å². The molecule has 0 fully saturated rings. The Bertz CT molecular complexity index is 5340. The van der Waals surface area contributed by atoms with Crippen LogP contribution in [0.2, 0.25) is 0 Å². The molecular weight excluding hydrogens is 1220 g/mol. The van der Waals surface area contributed by atoms with E-state index >= 15 is 0 Å². The van der Waals surface area contributed by atoms with E-state index in [-0.39, 0.29) is 12.1 Å². The Kier molecular flexibility index (Phi) is 15.7. The van der Waals surface area contributed by atoms with Crippen molar-refractivity contribution in [3.8, 4) is 44.5 Å². The van der Waals surface area contributed by atoms with Gasteiger partial charge in [-0.2, -0.15) is 0 Å². The first-order valence-electron chi connectivity index (χ1n) is 34.7. The van der Waals surface area contributed by atoms with Gasteiger partial charge >= 0.3 is 0 Å². The third kappa shape index (κ3) is 10.5. The molecule has 2 aliphatic heterocycles. The first-order chi connectivity index (χ1) is 48.8. The van der Waals surface area contributed by atoms with E-state index in [9.17, 15) is 0 Å². The van der Waals surface area contributed by atoms with Crippen LogP contribution in [0, 0.1) is 0 Å². The topological polar surface area (TPSA) is 6.48 Å². The first-order valence-corrected chi connectivity index (χ1v) is 38.7. The van der Waals surface area contributed by atoms with E-state index in [0.29, 0.717) is 0 Å². The number of anilines is 6. The van der Waals surface area contributed by atoms with E-state index in [0.717, 1.165) is 33.9 Å². The Balaban J connectivity index is 0.995. The summed E-state index contributed by atoms with van der Waals surface area (Å²) in [6.45, 7) is 6.81. The number of para-hydroxylation sites is 1. The molecular formula is C94H73BN2Si2. The van der Waals surface area contributed by atoms with E-state index in [4.69, 9.17) is 0 Å². The van der Waals surface area contributed by atoms with Crippen LogP contribution >= 0.6 is 0 Å². The summed E-state index contributed by atoms with van der Waals surface area (Å²) in [5.41, 5.74) is 21.4. The average molecular weight is 1300 g/mol. The molecule has 0 radical (unpaired) electrons. The van der Waals surface area contributed by atoms with Gasteiger partial charge in [0.25, 0.3) is 6.71 Å². The summed E-state index contributed by atoms with van der Waals surface area (Å²) in [6.07, 6.45) is 0. The smallest absolute Gasteiger partial charge is 0.252 e. The van der Waals surface area contributed by atoms with Crippen molar-refractivity contribution >= 4 is 115 Å². The molecule has 2 aliphatic rings. The fraction of sp³-hybridized carbons (Fsp3) is 0.0426. The molecule has 0 saturated heterocycles. The largest absolute Gasteiger partial charge is 0.311 e. The van der Waals surface area contributed by atoms with Crippen LogP contribution < -0.4 is 67.7 Å². The van der Waals surface area contributed by atoms with Crippen molar-refractivity contribution in [3.63, 3.8) is 0 Å². The van der Waals surface area contributed by atoms with E-state index in [1.165, 1.54) is 108 Å². The van der Waals surface area contributed by atoms with Crippen molar-refractivity contribution in [1.82, 2.24) is 0 Å². The molecule has 15 aromatic carbocycles. The van der Waals surface area contributed by atoms with Gasteiger partial charge in [-0.1, -0.05) is 367 Å². The molecule has 2 heterocycles. The van der Waals surface area contributed by atoms with Crippen LogP contribution in [0.15, 0.2) is 388 Å². The maximum Gasteiger partial charge on any atom is 0.252 e. The molecule has 0 aromatic heterocycles. The van der Waals surface area contributed by atoms with Crippen molar-refractivity contribution < 1.29 is 0 Å². The Labute approximate surface area is 585 Å². The number of hydrogen-bond acceptors (Lipinski definition) is 2. The summed E-state index contributed by atoms with van der Waals surface area (Å²) in [4.78, 5) is 5.31. The van der Waals surface area contributed by atoms with Gasteiger partial charge in [0.05, 0.1) is 11.4 Å². The fourth-order valence-electron chi connectivity index (χ4n) is 16.4. The maximum absolute atomic E-state index is 3.23. The Hall–Kier alpha value is -11.6. The van der Waals surface area contributed by atoms with Crippen molar-refractivity contribution in [3.05, 3.63) is 394 Å². The van der Waals surface area contributed by atoms with Gasteiger partial charge in [-0.3, -0.25) is 0 Å². The highest BCUT2D eigenvalue weighted by Gasteiger charge is 2.49. The molecule has 0 spiro atoms. The molecule has 5 heteroatoms. The molecule has 0 saturated carbocycles. The van der Waals surface area contributed by atoms with Gasteiger partial charge < -0.3 is 9.80 Å². The highest BCUT2D eigenvalue weighted by molar-refractivity contribution is 7.20. The summed E-state index contributed by atoms with van der Waals surface area (Å²) in [6, 6.07) is 148. The summed E-state index contributed by atoms with van der Waals surface area (Å²) in [5.74, 6) is 0. The average Bonchev–Trinajstić information content (AvgIpc) is 0.690. The lowest BCUT2D eigenvalue weighted by Gasteiger charge is -2.46. The van der Waals surface area contributed by atoms with Crippen LogP contribution in [0.3, 0.4) is 0 Å². The highest BCUT2D eigenvalue weighted by Crippen LogP contribution is 2.49. The van der Waals surface area contributed by atoms with Crippen molar-refractivity contribution in [2.75, 3.05) is 9.80 Å². The quantitative estimate of drug-likeness (QED) is 0.0791. The molecule has 2 nitrogen and oxygen atoms in total. The molecule has 0 unspecified atom stereocenters. The zero-order valence-electron chi connectivity index (χ0n) is 55.9. The second-order valence-corrected chi connectivity index (χ2v) is 35.1. The highest BCUT2D eigenvalue weighted by atomic mass is 28.3. The Morgan fingerprint density at radius 3 is 0.949 bits per heavy atom. The minimum Gasteiger partial charge on any atom is -0.311 e. The fourth-order valence-corrected chi connectivity index (χ4v) is 25.9. The minimum absolute atomic E-state index is 0.113. The summed E-state index contributed by atoms with van der Waals surface area (Å²) in [5, 5.41) is 10.6. The van der Waals surface area contributed by atoms with Crippen molar-refractivity contribution in [2.45, 2.75) is 26.2 Å². The molecule has 0 N–H and O–H groups in total. The summed E-state index contributed by atoms with van der Waals surface area (Å²) < 4.78 is 0. The zero-order chi connectivity index (χ0) is 66.5. The standard InChI is InChI=1S/C94H73BN2Si2/c1-94(2,3)74-57-62-88(84(65-74)71-39-18-7-19-40-71)97-90-56-32-55-89-93(90)95(86-61-59-82(67-92(86)97)99(77-47-24-10-25-48-77,78-49-26-11-27-50-78)80-52-31-42-73(64-80)69-35-14-5-15-36-69)85-60-58-81(66-91(85)96(89)87-54-29-28-53-83(87)70-37-16-6-17-38-70)98(75-43-20-8-21-44-75,76-45-22-9-23-46-76)79-51-30-41-72(63-79)68-33-12-4-13-34-68/h4-67H,1-3H3. The molecule has 17 rings (SSSR count). The third-order valence-corrected chi connectivity index (χ3v) is 30.4. The SMILES string of the molecule is CC(C)(C)c1ccc(N2c3cc([Si](c4ccccc4)(c4ccccc4)c4cccc(-c5ccccc5)c4)ccc3B3c4ccc([Si](c5ccccc5)(c5ccccc5)c5cccc(-c6ccccc6)c5)cc4N(c4ccccc4-c4ccccc4)c4cccc2c43)c(-c2ccccc2)c1. The summed E-state index contributed by atoms with van der Waals surface area (Å²) in [7, 11) is -6.45. The van der Waals surface area contributed by atoms with Crippen LogP contribution in [-0.2, 0) is 5.41 Å². The Morgan fingerprint density at radius 1 is 0.222 bits per heavy atom. The van der Waals surface area contributed by atoms with Crippen molar-refractivity contribution in [2.24, 2.45) is 0 Å². The molecule has 15 aromatic rings. The monoisotopic (exact) mass is 1300 g/mol. The van der Waals surface area contributed by atoms with E-state index < -0.39 is 16.1 Å². The van der Waals surface area contributed by atoms with Crippen LogP contribution in [0.25, 0.3) is 44.5 Å². The first kappa shape index (κ1) is 61.0. The van der Waals surface area contributed by atoms with Gasteiger partial charge in [0, 0.05) is 33.9 Å². The predicted molar refractivity (Wildman–Crippen MR) is 428 cm³/mol. The van der Waals surface area contributed by atoms with Gasteiger partial charge in [0.15, 0.2) is 16.1 Å². The number of nitrogens with zero attached hydrogens (tertiary/aromatic N) is 2. The van der Waals surface area contributed by atoms with Gasteiger partial charge in [0.1, 0.15) is 0 Å². The lowest BCUT2D eigenvalue weighted by Crippen LogP contribution is -2.75.